The summed E-state index contributed by atoms with van der Waals surface area (Å²) < 4.78 is 5.36. The molecule has 1 atom stereocenters. The van der Waals surface area contributed by atoms with Gasteiger partial charge in [-0.25, -0.2) is 0 Å². The van der Waals surface area contributed by atoms with Crippen LogP contribution in [0.5, 0.6) is 5.75 Å². The first-order chi connectivity index (χ1) is 10.2. The van der Waals surface area contributed by atoms with Gasteiger partial charge in [0.15, 0.2) is 0 Å². The van der Waals surface area contributed by atoms with Gasteiger partial charge in [-0.15, -0.1) is 0 Å². The quantitative estimate of drug-likeness (QED) is 0.382. The third-order valence-corrected chi connectivity index (χ3v) is 3.65. The third-order valence-electron chi connectivity index (χ3n) is 3.65. The van der Waals surface area contributed by atoms with Gasteiger partial charge in [-0.05, 0) is 44.0 Å². The Balaban J connectivity index is 2.05. The van der Waals surface area contributed by atoms with Gasteiger partial charge in [-0.3, -0.25) is 4.79 Å². The first-order valence-corrected chi connectivity index (χ1v) is 7.15. The maximum absolute atomic E-state index is 12.5. The minimum atomic E-state index is -0.0737. The lowest BCUT2D eigenvalue weighted by Gasteiger charge is -2.32. The molecule has 1 amide bonds. The Hall–Kier alpha value is -2.24. The van der Waals surface area contributed by atoms with Gasteiger partial charge in [0.25, 0.3) is 5.91 Å². The number of likely N-dealkylation sites (tertiary alicyclic amines) is 1. The van der Waals surface area contributed by atoms with E-state index in [9.17, 15) is 4.79 Å². The number of ether oxygens (including phenoxy) is 1. The SMILES string of the molecule is CCOc1ccc(C(=O)N2CCCC(C(N)=NO)C2)cc1. The van der Waals surface area contributed by atoms with Crippen LogP contribution in [-0.4, -0.2) is 41.5 Å². The second-order valence-corrected chi connectivity index (χ2v) is 5.07. The molecule has 6 nitrogen and oxygen atoms in total. The molecule has 0 radical (unpaired) electrons. The Morgan fingerprint density at radius 1 is 1.48 bits per heavy atom. The van der Waals surface area contributed by atoms with Gasteiger partial charge in [-0.2, -0.15) is 0 Å². The zero-order chi connectivity index (χ0) is 15.2. The van der Waals surface area contributed by atoms with Gasteiger partial charge >= 0.3 is 0 Å². The molecule has 1 heterocycles. The zero-order valence-electron chi connectivity index (χ0n) is 12.2. The van der Waals surface area contributed by atoms with Crippen LogP contribution >= 0.6 is 0 Å². The van der Waals surface area contributed by atoms with E-state index in [1.54, 1.807) is 29.2 Å². The summed E-state index contributed by atoms with van der Waals surface area (Å²) in [5.74, 6) is 0.838. The molecule has 0 aliphatic carbocycles. The standard InChI is InChI=1S/C15H21N3O3/c1-2-21-13-7-5-11(6-8-13)15(19)18-9-3-4-12(10-18)14(16)17-20/h5-8,12,20H,2-4,9-10H2,1H3,(H2,16,17). The smallest absolute Gasteiger partial charge is 0.253 e. The molecule has 0 saturated carbocycles. The van der Waals surface area contributed by atoms with E-state index in [-0.39, 0.29) is 17.7 Å². The molecular formula is C15H21N3O3. The number of nitrogens with zero attached hydrogens (tertiary/aromatic N) is 2. The number of hydrogen-bond donors (Lipinski definition) is 2. The highest BCUT2D eigenvalue weighted by atomic mass is 16.5. The van der Waals surface area contributed by atoms with E-state index in [4.69, 9.17) is 15.7 Å². The molecule has 1 aromatic rings. The predicted octanol–water partition coefficient (Wildman–Crippen LogP) is 1.68. The van der Waals surface area contributed by atoms with Crippen LogP contribution in [0.3, 0.4) is 0 Å². The molecule has 6 heteroatoms. The lowest BCUT2D eigenvalue weighted by Crippen LogP contribution is -2.44. The Morgan fingerprint density at radius 3 is 2.81 bits per heavy atom. The van der Waals surface area contributed by atoms with Crippen LogP contribution < -0.4 is 10.5 Å². The maximum atomic E-state index is 12.5. The number of amides is 1. The molecule has 1 aliphatic heterocycles. The minimum Gasteiger partial charge on any atom is -0.494 e. The molecule has 1 aromatic carbocycles. The van der Waals surface area contributed by atoms with Crippen molar-refractivity contribution < 1.29 is 14.7 Å². The highest BCUT2D eigenvalue weighted by Crippen LogP contribution is 2.20. The summed E-state index contributed by atoms with van der Waals surface area (Å²) in [6.07, 6.45) is 1.69. The number of carbonyl (C=O) groups is 1. The van der Waals surface area contributed by atoms with Crippen LogP contribution in [0, 0.1) is 5.92 Å². The molecular weight excluding hydrogens is 270 g/mol. The van der Waals surface area contributed by atoms with Crippen LogP contribution in [0.1, 0.15) is 30.1 Å². The number of rotatable bonds is 4. The molecule has 1 unspecified atom stereocenters. The first kappa shape index (κ1) is 15.2. The van der Waals surface area contributed by atoms with Crippen molar-refractivity contribution in [1.82, 2.24) is 4.90 Å². The zero-order valence-corrected chi connectivity index (χ0v) is 12.2. The fraction of sp³-hybridized carbons (Fsp3) is 0.467. The summed E-state index contributed by atoms with van der Waals surface area (Å²) in [7, 11) is 0. The van der Waals surface area contributed by atoms with Crippen molar-refractivity contribution in [2.24, 2.45) is 16.8 Å². The number of piperidine rings is 1. The molecule has 1 fully saturated rings. The Labute approximate surface area is 124 Å². The van der Waals surface area contributed by atoms with Crippen LogP contribution in [0.25, 0.3) is 0 Å². The second kappa shape index (κ2) is 6.97. The fourth-order valence-electron chi connectivity index (χ4n) is 2.53. The first-order valence-electron chi connectivity index (χ1n) is 7.15. The molecule has 0 aromatic heterocycles. The van der Waals surface area contributed by atoms with Gasteiger partial charge in [0.1, 0.15) is 11.6 Å². The molecule has 0 spiro atoms. The van der Waals surface area contributed by atoms with E-state index < -0.39 is 0 Å². The van der Waals surface area contributed by atoms with Gasteiger partial charge in [-0.1, -0.05) is 5.16 Å². The third kappa shape index (κ3) is 3.65. The molecule has 114 valence electrons. The molecule has 2 rings (SSSR count). The van der Waals surface area contributed by atoms with Gasteiger partial charge in [0.2, 0.25) is 0 Å². The highest BCUT2D eigenvalue weighted by Gasteiger charge is 2.26. The number of benzene rings is 1. The summed E-state index contributed by atoms with van der Waals surface area (Å²) in [4.78, 5) is 14.2. The Kier molecular flexibility index (Phi) is 5.03. The molecule has 21 heavy (non-hydrogen) atoms. The summed E-state index contributed by atoms with van der Waals surface area (Å²) in [6.45, 7) is 3.70. The predicted molar refractivity (Wildman–Crippen MR) is 79.6 cm³/mol. The Morgan fingerprint density at radius 2 is 2.19 bits per heavy atom. The average molecular weight is 291 g/mol. The van der Waals surface area contributed by atoms with Gasteiger partial charge in [0, 0.05) is 24.6 Å². The van der Waals surface area contributed by atoms with Crippen LogP contribution in [0.2, 0.25) is 0 Å². The van der Waals surface area contributed by atoms with E-state index in [1.165, 1.54) is 0 Å². The van der Waals surface area contributed by atoms with Crippen molar-refractivity contribution in [2.45, 2.75) is 19.8 Å². The lowest BCUT2D eigenvalue weighted by atomic mass is 9.96. The monoisotopic (exact) mass is 291 g/mol. The minimum absolute atomic E-state index is 0.0338. The van der Waals surface area contributed by atoms with Crippen molar-refractivity contribution in [3.8, 4) is 5.75 Å². The number of carbonyl (C=O) groups excluding carboxylic acids is 1. The topological polar surface area (TPSA) is 88.2 Å². The summed E-state index contributed by atoms with van der Waals surface area (Å²) >= 11 is 0. The molecule has 1 saturated heterocycles. The van der Waals surface area contributed by atoms with Gasteiger partial charge in [0.05, 0.1) is 6.61 Å². The largest absolute Gasteiger partial charge is 0.494 e. The lowest BCUT2D eigenvalue weighted by molar-refractivity contribution is 0.0701. The van der Waals surface area contributed by atoms with E-state index in [1.807, 2.05) is 6.92 Å². The van der Waals surface area contributed by atoms with Crippen molar-refractivity contribution in [1.29, 1.82) is 0 Å². The molecule has 3 N–H and O–H groups in total. The summed E-state index contributed by atoms with van der Waals surface area (Å²) in [6, 6.07) is 7.12. The number of amidine groups is 1. The van der Waals surface area contributed by atoms with E-state index >= 15 is 0 Å². The number of nitrogens with two attached hydrogens (primary N) is 1. The van der Waals surface area contributed by atoms with Crippen molar-refractivity contribution in [3.05, 3.63) is 29.8 Å². The number of hydrogen-bond acceptors (Lipinski definition) is 4. The van der Waals surface area contributed by atoms with Crippen molar-refractivity contribution in [2.75, 3.05) is 19.7 Å². The van der Waals surface area contributed by atoms with Crippen molar-refractivity contribution >= 4 is 11.7 Å². The highest BCUT2D eigenvalue weighted by molar-refractivity contribution is 5.95. The molecule has 1 aliphatic rings. The van der Waals surface area contributed by atoms with E-state index in [0.717, 1.165) is 18.6 Å². The van der Waals surface area contributed by atoms with Crippen LogP contribution in [-0.2, 0) is 0 Å². The van der Waals surface area contributed by atoms with Crippen molar-refractivity contribution in [3.63, 3.8) is 0 Å². The van der Waals surface area contributed by atoms with E-state index in [2.05, 4.69) is 5.16 Å². The summed E-state index contributed by atoms with van der Waals surface area (Å²) in [5.41, 5.74) is 6.27. The maximum Gasteiger partial charge on any atom is 0.253 e. The van der Waals surface area contributed by atoms with Crippen LogP contribution in [0.4, 0.5) is 0 Å². The van der Waals surface area contributed by atoms with E-state index in [0.29, 0.717) is 25.3 Å². The van der Waals surface area contributed by atoms with Crippen LogP contribution in [0.15, 0.2) is 29.4 Å². The second-order valence-electron chi connectivity index (χ2n) is 5.07. The number of oxime groups is 1. The Bertz CT molecular complexity index is 513. The summed E-state index contributed by atoms with van der Waals surface area (Å²) in [5, 5.41) is 11.8. The normalized spacial score (nSPS) is 19.4. The average Bonchev–Trinajstić information content (AvgIpc) is 2.54. The molecule has 0 bridgehead atoms. The fourth-order valence-corrected chi connectivity index (χ4v) is 2.53. The van der Waals surface area contributed by atoms with Gasteiger partial charge < -0.3 is 20.6 Å².